The number of benzene rings is 1. The molecule has 1 fully saturated rings. The smallest absolute Gasteiger partial charge is 0.223 e. The second-order valence-corrected chi connectivity index (χ2v) is 7.15. The Morgan fingerprint density at radius 1 is 1.28 bits per heavy atom. The summed E-state index contributed by atoms with van der Waals surface area (Å²) in [7, 11) is 0. The van der Waals surface area contributed by atoms with Crippen molar-refractivity contribution in [1.82, 2.24) is 15.0 Å². The standard InChI is InChI=1S/C19H22ClN5/c20-16-11-23-19(24-13-5-3-4-12(8-13)9-21)25-18(16)15-10-22-17-7-2-1-6-14(15)17/h1-2,6-7,10-13,22H,3-5,8-9,21H2,(H,23,24,25)/t12-,13+/m0/s1. The molecule has 1 aromatic carbocycles. The molecule has 1 aliphatic carbocycles. The zero-order valence-corrected chi connectivity index (χ0v) is 14.8. The first-order chi connectivity index (χ1) is 12.2. The molecule has 25 heavy (non-hydrogen) atoms. The summed E-state index contributed by atoms with van der Waals surface area (Å²) >= 11 is 6.39. The van der Waals surface area contributed by atoms with Crippen LogP contribution in [0.4, 0.5) is 5.95 Å². The molecule has 2 aromatic heterocycles. The lowest BCUT2D eigenvalue weighted by Gasteiger charge is -2.29. The zero-order valence-electron chi connectivity index (χ0n) is 14.0. The van der Waals surface area contributed by atoms with Crippen molar-refractivity contribution in [2.45, 2.75) is 31.7 Å². The maximum atomic E-state index is 6.39. The van der Waals surface area contributed by atoms with Crippen molar-refractivity contribution in [3.8, 4) is 11.3 Å². The number of aromatic amines is 1. The molecule has 5 nitrogen and oxygen atoms in total. The quantitative estimate of drug-likeness (QED) is 0.655. The predicted molar refractivity (Wildman–Crippen MR) is 103 cm³/mol. The van der Waals surface area contributed by atoms with E-state index in [-0.39, 0.29) is 0 Å². The Morgan fingerprint density at radius 3 is 3.04 bits per heavy atom. The number of H-pyrrole nitrogens is 1. The van der Waals surface area contributed by atoms with Crippen LogP contribution in [0.25, 0.3) is 22.2 Å². The van der Waals surface area contributed by atoms with Gasteiger partial charge < -0.3 is 16.0 Å². The van der Waals surface area contributed by atoms with Crippen molar-refractivity contribution in [3.05, 3.63) is 41.7 Å². The monoisotopic (exact) mass is 355 g/mol. The van der Waals surface area contributed by atoms with E-state index >= 15 is 0 Å². The summed E-state index contributed by atoms with van der Waals surface area (Å²) in [6.45, 7) is 0.750. The molecule has 1 saturated carbocycles. The highest BCUT2D eigenvalue weighted by molar-refractivity contribution is 6.33. The van der Waals surface area contributed by atoms with Crippen molar-refractivity contribution in [1.29, 1.82) is 0 Å². The molecule has 1 aliphatic rings. The number of anilines is 1. The summed E-state index contributed by atoms with van der Waals surface area (Å²) in [5.74, 6) is 1.22. The fourth-order valence-corrected chi connectivity index (χ4v) is 3.90. The minimum Gasteiger partial charge on any atom is -0.360 e. The van der Waals surface area contributed by atoms with E-state index in [1.807, 2.05) is 24.4 Å². The number of para-hydroxylation sites is 1. The van der Waals surface area contributed by atoms with Crippen molar-refractivity contribution < 1.29 is 0 Å². The lowest BCUT2D eigenvalue weighted by atomic mass is 9.86. The topological polar surface area (TPSA) is 79.6 Å². The molecule has 0 bridgehead atoms. The number of aromatic nitrogens is 3. The number of hydrogen-bond donors (Lipinski definition) is 3. The number of fused-ring (bicyclic) bond motifs is 1. The van der Waals surface area contributed by atoms with Gasteiger partial charge in [-0.1, -0.05) is 36.2 Å². The lowest BCUT2D eigenvalue weighted by molar-refractivity contribution is 0.341. The SMILES string of the molecule is NC[C@H]1CCC[C@@H](Nc2ncc(Cl)c(-c3c[nH]c4ccccc34)n2)C1. The van der Waals surface area contributed by atoms with Gasteiger partial charge in [0.1, 0.15) is 0 Å². The second-order valence-electron chi connectivity index (χ2n) is 6.75. The molecule has 0 unspecified atom stereocenters. The molecule has 0 amide bonds. The number of nitrogens with two attached hydrogens (primary N) is 1. The van der Waals surface area contributed by atoms with Gasteiger partial charge in [0.05, 0.1) is 16.9 Å². The molecule has 6 heteroatoms. The fraction of sp³-hybridized carbons (Fsp3) is 0.368. The third-order valence-corrected chi connectivity index (χ3v) is 5.31. The summed E-state index contributed by atoms with van der Waals surface area (Å²) in [4.78, 5) is 12.4. The second kappa shape index (κ2) is 7.02. The minimum absolute atomic E-state index is 0.374. The van der Waals surface area contributed by atoms with E-state index in [1.165, 1.54) is 12.8 Å². The van der Waals surface area contributed by atoms with Crippen LogP contribution in [-0.2, 0) is 0 Å². The normalized spacial score (nSPS) is 20.7. The van der Waals surface area contributed by atoms with E-state index in [0.29, 0.717) is 22.9 Å². The van der Waals surface area contributed by atoms with Gasteiger partial charge >= 0.3 is 0 Å². The van der Waals surface area contributed by atoms with Crippen LogP contribution in [0.1, 0.15) is 25.7 Å². The van der Waals surface area contributed by atoms with Gasteiger partial charge in [-0.25, -0.2) is 9.97 Å². The van der Waals surface area contributed by atoms with Gasteiger partial charge in [0.15, 0.2) is 0 Å². The number of nitrogens with zero attached hydrogens (tertiary/aromatic N) is 2. The predicted octanol–water partition coefficient (Wildman–Crippen LogP) is 4.21. The lowest BCUT2D eigenvalue weighted by Crippen LogP contribution is -2.31. The maximum absolute atomic E-state index is 6.39. The molecule has 0 spiro atoms. The highest BCUT2D eigenvalue weighted by atomic mass is 35.5. The Morgan fingerprint density at radius 2 is 2.16 bits per heavy atom. The third kappa shape index (κ3) is 3.34. The number of halogens is 1. The van der Waals surface area contributed by atoms with Crippen molar-refractivity contribution in [3.63, 3.8) is 0 Å². The van der Waals surface area contributed by atoms with E-state index in [0.717, 1.165) is 41.5 Å². The summed E-state index contributed by atoms with van der Waals surface area (Å²) in [6, 6.07) is 8.51. The first kappa shape index (κ1) is 16.4. The fourth-order valence-electron chi connectivity index (χ4n) is 3.71. The Bertz CT molecular complexity index is 875. The van der Waals surface area contributed by atoms with Gasteiger partial charge in [0, 0.05) is 28.7 Å². The zero-order chi connectivity index (χ0) is 17.2. The van der Waals surface area contributed by atoms with Crippen molar-refractivity contribution in [2.75, 3.05) is 11.9 Å². The molecular weight excluding hydrogens is 334 g/mol. The summed E-state index contributed by atoms with van der Waals surface area (Å²) < 4.78 is 0. The first-order valence-corrected chi connectivity index (χ1v) is 9.18. The largest absolute Gasteiger partial charge is 0.360 e. The molecule has 0 aliphatic heterocycles. The van der Waals surface area contributed by atoms with Crippen LogP contribution in [0.2, 0.25) is 5.02 Å². The van der Waals surface area contributed by atoms with Gasteiger partial charge in [-0.2, -0.15) is 0 Å². The van der Waals surface area contributed by atoms with Gasteiger partial charge in [-0.3, -0.25) is 0 Å². The number of hydrogen-bond acceptors (Lipinski definition) is 4. The van der Waals surface area contributed by atoms with Gasteiger partial charge in [-0.05, 0) is 37.8 Å². The van der Waals surface area contributed by atoms with E-state index < -0.39 is 0 Å². The average Bonchev–Trinajstić information content (AvgIpc) is 3.07. The van der Waals surface area contributed by atoms with Crippen LogP contribution in [0.15, 0.2) is 36.7 Å². The summed E-state index contributed by atoms with van der Waals surface area (Å²) in [5, 5.41) is 5.14. The van der Waals surface area contributed by atoms with Crippen LogP contribution in [0.5, 0.6) is 0 Å². The minimum atomic E-state index is 0.374. The molecule has 0 saturated heterocycles. The van der Waals surface area contributed by atoms with Crippen molar-refractivity contribution in [2.24, 2.45) is 11.7 Å². The van der Waals surface area contributed by atoms with Gasteiger partial charge in [-0.15, -0.1) is 0 Å². The Kier molecular flexibility index (Phi) is 4.59. The van der Waals surface area contributed by atoms with E-state index in [9.17, 15) is 0 Å². The summed E-state index contributed by atoms with van der Waals surface area (Å²) in [6.07, 6.45) is 8.25. The van der Waals surface area contributed by atoms with Crippen LogP contribution in [0.3, 0.4) is 0 Å². The molecule has 0 radical (unpaired) electrons. The molecule has 2 atom stereocenters. The van der Waals surface area contributed by atoms with Gasteiger partial charge in [0.25, 0.3) is 0 Å². The highest BCUT2D eigenvalue weighted by Gasteiger charge is 2.22. The third-order valence-electron chi connectivity index (χ3n) is 5.04. The Hall–Kier alpha value is -2.11. The highest BCUT2D eigenvalue weighted by Crippen LogP contribution is 2.33. The van der Waals surface area contributed by atoms with Gasteiger partial charge in [0.2, 0.25) is 5.95 Å². The van der Waals surface area contributed by atoms with Crippen LogP contribution in [0, 0.1) is 5.92 Å². The van der Waals surface area contributed by atoms with E-state index in [1.54, 1.807) is 6.20 Å². The maximum Gasteiger partial charge on any atom is 0.223 e. The Balaban J connectivity index is 1.63. The van der Waals surface area contributed by atoms with Crippen molar-refractivity contribution >= 4 is 28.5 Å². The molecular formula is C19H22ClN5. The van der Waals surface area contributed by atoms with E-state index in [2.05, 4.69) is 21.4 Å². The van der Waals surface area contributed by atoms with Crippen LogP contribution in [-0.4, -0.2) is 27.5 Å². The van der Waals surface area contributed by atoms with Crippen LogP contribution >= 0.6 is 11.6 Å². The Labute approximate surface area is 152 Å². The molecule has 2 heterocycles. The molecule has 4 rings (SSSR count). The average molecular weight is 356 g/mol. The van der Waals surface area contributed by atoms with Crippen LogP contribution < -0.4 is 11.1 Å². The molecule has 3 aromatic rings. The summed E-state index contributed by atoms with van der Waals surface area (Å²) in [5.41, 5.74) is 8.66. The molecule has 4 N–H and O–H groups in total. The number of nitrogens with one attached hydrogen (secondary N) is 2. The van der Waals surface area contributed by atoms with E-state index in [4.69, 9.17) is 22.3 Å². The molecule has 130 valence electrons. The first-order valence-electron chi connectivity index (χ1n) is 8.80. The number of rotatable bonds is 4.